The summed E-state index contributed by atoms with van der Waals surface area (Å²) in [5, 5.41) is 0. The first-order valence-corrected chi connectivity index (χ1v) is 4.88. The minimum Gasteiger partial charge on any atom is -0.375 e. The van der Waals surface area contributed by atoms with Gasteiger partial charge >= 0.3 is 0 Å². The van der Waals surface area contributed by atoms with E-state index in [0.29, 0.717) is 19.6 Å². The van der Waals surface area contributed by atoms with Gasteiger partial charge in [0.25, 0.3) is 0 Å². The van der Waals surface area contributed by atoms with Crippen LogP contribution in [0.3, 0.4) is 0 Å². The van der Waals surface area contributed by atoms with Crippen molar-refractivity contribution in [1.29, 1.82) is 0 Å². The average molecular weight is 204 g/mol. The lowest BCUT2D eigenvalue weighted by Gasteiger charge is -2.13. The van der Waals surface area contributed by atoms with Crippen molar-refractivity contribution >= 4 is 0 Å². The van der Waals surface area contributed by atoms with Gasteiger partial charge in [-0.25, -0.2) is 0 Å². The normalized spacial score (nSPS) is 12.0. The van der Waals surface area contributed by atoms with Gasteiger partial charge in [0.15, 0.2) is 0 Å². The van der Waals surface area contributed by atoms with E-state index in [9.17, 15) is 0 Å². The molecule has 0 heterocycles. The molecule has 0 aromatic heterocycles. The van der Waals surface area contributed by atoms with Crippen molar-refractivity contribution in [3.05, 3.63) is 35.9 Å². The Morgan fingerprint density at radius 3 is 2.73 bits per heavy atom. The van der Waals surface area contributed by atoms with Crippen molar-refractivity contribution in [3.8, 4) is 12.3 Å². The van der Waals surface area contributed by atoms with Crippen molar-refractivity contribution < 1.29 is 4.74 Å². The molecule has 1 aromatic rings. The zero-order chi connectivity index (χ0) is 10.9. The molecule has 0 aliphatic carbocycles. The average Bonchev–Trinajstić information content (AvgIpc) is 2.29. The monoisotopic (exact) mass is 204 g/mol. The minimum atomic E-state index is 0.0266. The zero-order valence-corrected chi connectivity index (χ0v) is 8.65. The molecule has 1 aromatic carbocycles. The highest BCUT2D eigenvalue weighted by Gasteiger charge is 2.04. The molecule has 1 atom stereocenters. The molecular weight excluding hydrogens is 188 g/mol. The lowest BCUT2D eigenvalue weighted by molar-refractivity contribution is 0.0997. The van der Waals surface area contributed by atoms with Crippen LogP contribution in [0.2, 0.25) is 0 Å². The van der Waals surface area contributed by atoms with Crippen molar-refractivity contribution in [2.24, 2.45) is 5.84 Å². The highest BCUT2D eigenvalue weighted by Crippen LogP contribution is 2.01. The van der Waals surface area contributed by atoms with Crippen LogP contribution in [-0.2, 0) is 11.3 Å². The summed E-state index contributed by atoms with van der Waals surface area (Å²) in [6.45, 7) is 1.11. The van der Waals surface area contributed by atoms with Crippen LogP contribution in [0.5, 0.6) is 0 Å². The number of terminal acetylenes is 1. The maximum absolute atomic E-state index is 5.49. The summed E-state index contributed by atoms with van der Waals surface area (Å²) >= 11 is 0. The third-order valence-electron chi connectivity index (χ3n) is 2.03. The molecule has 0 saturated carbocycles. The second kappa shape index (κ2) is 7.02. The van der Waals surface area contributed by atoms with E-state index in [4.69, 9.17) is 17.0 Å². The summed E-state index contributed by atoms with van der Waals surface area (Å²) in [5.74, 6) is 7.86. The lowest BCUT2D eigenvalue weighted by Crippen LogP contribution is -2.38. The summed E-state index contributed by atoms with van der Waals surface area (Å²) in [5.41, 5.74) is 3.77. The standard InChI is InChI=1S/C12H16N2O/c1-2-6-12(14-13)10-15-9-11-7-4-3-5-8-11/h1,3-5,7-8,12,14H,6,9-10,13H2. The minimum absolute atomic E-state index is 0.0266. The van der Waals surface area contributed by atoms with E-state index < -0.39 is 0 Å². The van der Waals surface area contributed by atoms with Crippen LogP contribution < -0.4 is 11.3 Å². The predicted molar refractivity (Wildman–Crippen MR) is 60.7 cm³/mol. The van der Waals surface area contributed by atoms with Crippen molar-refractivity contribution in [2.45, 2.75) is 19.1 Å². The van der Waals surface area contributed by atoms with Gasteiger partial charge in [0.1, 0.15) is 0 Å². The first-order chi connectivity index (χ1) is 7.36. The molecule has 3 nitrogen and oxygen atoms in total. The number of rotatable bonds is 6. The Kier molecular flexibility index (Phi) is 5.49. The number of nitrogens with two attached hydrogens (primary N) is 1. The zero-order valence-electron chi connectivity index (χ0n) is 8.65. The van der Waals surface area contributed by atoms with Crippen LogP contribution in [0.1, 0.15) is 12.0 Å². The molecule has 0 aliphatic heterocycles. The lowest BCUT2D eigenvalue weighted by atomic mass is 10.2. The van der Waals surface area contributed by atoms with E-state index in [2.05, 4.69) is 11.3 Å². The summed E-state index contributed by atoms with van der Waals surface area (Å²) in [6.07, 6.45) is 5.76. The van der Waals surface area contributed by atoms with Gasteiger partial charge in [-0.3, -0.25) is 11.3 Å². The Morgan fingerprint density at radius 2 is 2.13 bits per heavy atom. The summed E-state index contributed by atoms with van der Waals surface area (Å²) in [7, 11) is 0. The van der Waals surface area contributed by atoms with Crippen molar-refractivity contribution in [1.82, 2.24) is 5.43 Å². The Bertz CT molecular complexity index is 305. The maximum atomic E-state index is 5.49. The Balaban J connectivity index is 2.24. The van der Waals surface area contributed by atoms with Gasteiger partial charge in [0.2, 0.25) is 0 Å². The van der Waals surface area contributed by atoms with Crippen LogP contribution in [0.25, 0.3) is 0 Å². The van der Waals surface area contributed by atoms with Gasteiger partial charge in [0, 0.05) is 6.42 Å². The SMILES string of the molecule is C#CCC(COCc1ccccc1)NN. The second-order valence-electron chi connectivity index (χ2n) is 3.27. The number of benzene rings is 1. The number of hydrogen-bond donors (Lipinski definition) is 2. The van der Waals surface area contributed by atoms with E-state index in [1.54, 1.807) is 0 Å². The maximum Gasteiger partial charge on any atom is 0.0717 e. The van der Waals surface area contributed by atoms with Gasteiger partial charge in [-0.15, -0.1) is 12.3 Å². The Hall–Kier alpha value is -1.34. The number of hydrazine groups is 1. The first kappa shape index (κ1) is 11.7. The number of hydrogen-bond acceptors (Lipinski definition) is 3. The van der Waals surface area contributed by atoms with Gasteiger partial charge in [0.05, 0.1) is 19.3 Å². The van der Waals surface area contributed by atoms with Crippen molar-refractivity contribution in [3.63, 3.8) is 0 Å². The summed E-state index contributed by atoms with van der Waals surface area (Å²) in [6, 6.07) is 10.0. The van der Waals surface area contributed by atoms with Gasteiger partial charge in [-0.2, -0.15) is 0 Å². The van der Waals surface area contributed by atoms with E-state index >= 15 is 0 Å². The van der Waals surface area contributed by atoms with Crippen LogP contribution in [0.4, 0.5) is 0 Å². The fourth-order valence-corrected chi connectivity index (χ4v) is 1.20. The molecule has 0 aliphatic rings. The molecule has 80 valence electrons. The third kappa shape index (κ3) is 4.61. The first-order valence-electron chi connectivity index (χ1n) is 4.88. The summed E-state index contributed by atoms with van der Waals surface area (Å²) in [4.78, 5) is 0. The van der Waals surface area contributed by atoms with Crippen LogP contribution >= 0.6 is 0 Å². The number of ether oxygens (including phenoxy) is 1. The molecule has 3 heteroatoms. The molecule has 1 unspecified atom stereocenters. The molecule has 0 amide bonds. The molecule has 15 heavy (non-hydrogen) atoms. The third-order valence-corrected chi connectivity index (χ3v) is 2.03. The number of nitrogens with one attached hydrogen (secondary N) is 1. The highest BCUT2D eigenvalue weighted by molar-refractivity contribution is 5.13. The van der Waals surface area contributed by atoms with Gasteiger partial charge < -0.3 is 4.74 Å². The fraction of sp³-hybridized carbons (Fsp3) is 0.333. The second-order valence-corrected chi connectivity index (χ2v) is 3.27. The van der Waals surface area contributed by atoms with E-state index in [0.717, 1.165) is 5.56 Å². The largest absolute Gasteiger partial charge is 0.375 e. The van der Waals surface area contributed by atoms with Crippen LogP contribution in [0, 0.1) is 12.3 Å². The quantitative estimate of drug-likeness (QED) is 0.414. The van der Waals surface area contributed by atoms with Crippen LogP contribution in [0.15, 0.2) is 30.3 Å². The van der Waals surface area contributed by atoms with E-state index in [-0.39, 0.29) is 6.04 Å². The molecule has 3 N–H and O–H groups in total. The highest BCUT2D eigenvalue weighted by atomic mass is 16.5. The molecular formula is C12H16N2O. The Morgan fingerprint density at radius 1 is 1.40 bits per heavy atom. The molecule has 1 rings (SSSR count). The summed E-state index contributed by atoms with van der Waals surface area (Å²) < 4.78 is 5.49. The van der Waals surface area contributed by atoms with E-state index in [1.165, 1.54) is 0 Å². The molecule has 0 fully saturated rings. The van der Waals surface area contributed by atoms with Crippen LogP contribution in [-0.4, -0.2) is 12.6 Å². The molecule has 0 spiro atoms. The Labute approximate surface area is 90.6 Å². The molecule has 0 saturated heterocycles. The fourth-order valence-electron chi connectivity index (χ4n) is 1.20. The predicted octanol–water partition coefficient (Wildman–Crippen LogP) is 1.06. The molecule has 0 radical (unpaired) electrons. The topological polar surface area (TPSA) is 47.3 Å². The van der Waals surface area contributed by atoms with Gasteiger partial charge in [-0.05, 0) is 5.56 Å². The van der Waals surface area contributed by atoms with Crippen molar-refractivity contribution in [2.75, 3.05) is 6.61 Å². The van der Waals surface area contributed by atoms with E-state index in [1.807, 2.05) is 30.3 Å². The molecule has 0 bridgehead atoms. The smallest absolute Gasteiger partial charge is 0.0717 e. The van der Waals surface area contributed by atoms with Gasteiger partial charge in [-0.1, -0.05) is 30.3 Å².